The van der Waals surface area contributed by atoms with Crippen molar-refractivity contribution < 1.29 is 9.72 Å². The maximum absolute atomic E-state index is 12.4. The van der Waals surface area contributed by atoms with Crippen molar-refractivity contribution in [2.75, 3.05) is 18.4 Å². The number of piperidine rings is 1. The standard InChI is InChI=1S/C18H20N4O3/c23-18(21-10-2-1-3-11-21)15-6-4-14(5-7-15)12-19-17-9-8-16(13-20-17)22(24)25/h4-9,13H,1-3,10-12H2,(H,19,20). The summed E-state index contributed by atoms with van der Waals surface area (Å²) in [5.41, 5.74) is 1.68. The number of benzene rings is 1. The summed E-state index contributed by atoms with van der Waals surface area (Å²) in [6, 6.07) is 10.5. The second-order valence-corrected chi connectivity index (χ2v) is 6.06. The number of amides is 1. The SMILES string of the molecule is O=C(c1ccc(CNc2ccc([N+](=O)[O-])cn2)cc1)N1CCCCC1. The molecule has 130 valence electrons. The summed E-state index contributed by atoms with van der Waals surface area (Å²) in [6.45, 7) is 2.21. The smallest absolute Gasteiger partial charge is 0.287 e. The topological polar surface area (TPSA) is 88.4 Å². The normalized spacial score (nSPS) is 14.2. The first-order valence-corrected chi connectivity index (χ1v) is 8.36. The first-order valence-electron chi connectivity index (χ1n) is 8.36. The van der Waals surface area contributed by atoms with Gasteiger partial charge in [-0.2, -0.15) is 0 Å². The van der Waals surface area contributed by atoms with Crippen molar-refractivity contribution in [3.63, 3.8) is 0 Å². The van der Waals surface area contributed by atoms with Crippen molar-refractivity contribution in [1.29, 1.82) is 0 Å². The molecule has 3 rings (SSSR count). The van der Waals surface area contributed by atoms with Crippen LogP contribution in [0.3, 0.4) is 0 Å². The molecule has 1 saturated heterocycles. The molecule has 0 bridgehead atoms. The summed E-state index contributed by atoms with van der Waals surface area (Å²) in [5, 5.41) is 13.7. The van der Waals surface area contributed by atoms with E-state index in [0.29, 0.717) is 17.9 Å². The second-order valence-electron chi connectivity index (χ2n) is 6.06. The van der Waals surface area contributed by atoms with Crippen LogP contribution in [0.4, 0.5) is 11.5 Å². The Labute approximate surface area is 145 Å². The molecule has 2 aromatic rings. The van der Waals surface area contributed by atoms with E-state index in [1.807, 2.05) is 29.2 Å². The van der Waals surface area contributed by atoms with E-state index in [-0.39, 0.29) is 11.6 Å². The summed E-state index contributed by atoms with van der Waals surface area (Å²) in [5.74, 6) is 0.662. The fourth-order valence-electron chi connectivity index (χ4n) is 2.84. The summed E-state index contributed by atoms with van der Waals surface area (Å²) >= 11 is 0. The molecule has 1 aromatic carbocycles. The Hall–Kier alpha value is -2.96. The van der Waals surface area contributed by atoms with Crippen molar-refractivity contribution in [3.05, 3.63) is 63.8 Å². The van der Waals surface area contributed by atoms with Crippen LogP contribution in [0, 0.1) is 10.1 Å². The monoisotopic (exact) mass is 340 g/mol. The van der Waals surface area contributed by atoms with Crippen molar-refractivity contribution in [2.45, 2.75) is 25.8 Å². The minimum Gasteiger partial charge on any atom is -0.366 e. The van der Waals surface area contributed by atoms with Gasteiger partial charge >= 0.3 is 0 Å². The number of hydrogen-bond donors (Lipinski definition) is 1. The summed E-state index contributed by atoms with van der Waals surface area (Å²) in [4.78, 5) is 28.5. The van der Waals surface area contributed by atoms with Crippen LogP contribution in [-0.4, -0.2) is 33.8 Å². The van der Waals surface area contributed by atoms with E-state index >= 15 is 0 Å². The lowest BCUT2D eigenvalue weighted by atomic mass is 10.1. The molecule has 1 aliphatic heterocycles. The van der Waals surface area contributed by atoms with E-state index in [2.05, 4.69) is 10.3 Å². The number of likely N-dealkylation sites (tertiary alicyclic amines) is 1. The van der Waals surface area contributed by atoms with E-state index in [9.17, 15) is 14.9 Å². The molecule has 0 aliphatic carbocycles. The fourth-order valence-corrected chi connectivity index (χ4v) is 2.84. The van der Waals surface area contributed by atoms with Gasteiger partial charge in [0.2, 0.25) is 0 Å². The minimum atomic E-state index is -0.477. The highest BCUT2D eigenvalue weighted by Gasteiger charge is 2.17. The van der Waals surface area contributed by atoms with Crippen LogP contribution < -0.4 is 5.32 Å². The zero-order chi connectivity index (χ0) is 17.6. The van der Waals surface area contributed by atoms with Gasteiger partial charge in [-0.15, -0.1) is 0 Å². The third kappa shape index (κ3) is 4.32. The van der Waals surface area contributed by atoms with Gasteiger partial charge in [-0.05, 0) is 43.0 Å². The molecule has 2 heterocycles. The highest BCUT2D eigenvalue weighted by atomic mass is 16.6. The number of carbonyl (C=O) groups excluding carboxylic acids is 1. The molecule has 0 spiro atoms. The molecular formula is C18H20N4O3. The van der Waals surface area contributed by atoms with Crippen LogP contribution >= 0.6 is 0 Å². The quantitative estimate of drug-likeness (QED) is 0.667. The van der Waals surface area contributed by atoms with Gasteiger partial charge in [0, 0.05) is 31.3 Å². The number of nitrogens with zero attached hydrogens (tertiary/aromatic N) is 3. The number of rotatable bonds is 5. The first-order chi connectivity index (χ1) is 12.1. The van der Waals surface area contributed by atoms with Crippen molar-refractivity contribution in [1.82, 2.24) is 9.88 Å². The number of nitro groups is 1. The predicted molar refractivity (Wildman–Crippen MR) is 94.4 cm³/mol. The molecule has 0 saturated carbocycles. The molecule has 0 atom stereocenters. The molecule has 0 radical (unpaired) electrons. The lowest BCUT2D eigenvalue weighted by Crippen LogP contribution is -2.35. The van der Waals surface area contributed by atoms with Gasteiger partial charge in [-0.25, -0.2) is 4.98 Å². The highest BCUT2D eigenvalue weighted by molar-refractivity contribution is 5.94. The van der Waals surface area contributed by atoms with Crippen LogP contribution in [0.2, 0.25) is 0 Å². The molecular weight excluding hydrogens is 320 g/mol. The molecule has 1 N–H and O–H groups in total. The van der Waals surface area contributed by atoms with E-state index in [0.717, 1.165) is 31.5 Å². The van der Waals surface area contributed by atoms with Crippen LogP contribution in [-0.2, 0) is 6.54 Å². The molecule has 1 amide bonds. The lowest BCUT2D eigenvalue weighted by Gasteiger charge is -2.26. The third-order valence-corrected chi connectivity index (χ3v) is 4.28. The maximum atomic E-state index is 12.4. The van der Waals surface area contributed by atoms with Gasteiger partial charge in [0.1, 0.15) is 12.0 Å². The van der Waals surface area contributed by atoms with Crippen molar-refractivity contribution in [2.24, 2.45) is 0 Å². The van der Waals surface area contributed by atoms with Crippen molar-refractivity contribution in [3.8, 4) is 0 Å². The van der Waals surface area contributed by atoms with Crippen LogP contribution in [0.25, 0.3) is 0 Å². The van der Waals surface area contributed by atoms with Gasteiger partial charge in [0.05, 0.1) is 4.92 Å². The lowest BCUT2D eigenvalue weighted by molar-refractivity contribution is -0.385. The summed E-state index contributed by atoms with van der Waals surface area (Å²) in [6.07, 6.45) is 4.58. The number of pyridine rings is 1. The first kappa shape index (κ1) is 16.9. The van der Waals surface area contributed by atoms with Gasteiger partial charge in [0.15, 0.2) is 0 Å². The summed E-state index contributed by atoms with van der Waals surface area (Å²) in [7, 11) is 0. The predicted octanol–water partition coefficient (Wildman–Crippen LogP) is 3.23. The molecule has 1 fully saturated rings. The molecule has 0 unspecified atom stereocenters. The summed E-state index contributed by atoms with van der Waals surface area (Å²) < 4.78 is 0. The Bertz CT molecular complexity index is 738. The Kier molecular flexibility index (Phi) is 5.23. The van der Waals surface area contributed by atoms with Crippen molar-refractivity contribution >= 4 is 17.4 Å². The van der Waals surface area contributed by atoms with E-state index in [4.69, 9.17) is 0 Å². The third-order valence-electron chi connectivity index (χ3n) is 4.28. The van der Waals surface area contributed by atoms with Gasteiger partial charge in [-0.3, -0.25) is 14.9 Å². The average Bonchev–Trinajstić information content (AvgIpc) is 2.67. The zero-order valence-electron chi connectivity index (χ0n) is 13.9. The Morgan fingerprint density at radius 1 is 1.12 bits per heavy atom. The number of nitrogens with one attached hydrogen (secondary N) is 1. The van der Waals surface area contributed by atoms with E-state index in [1.165, 1.54) is 18.7 Å². The molecule has 1 aromatic heterocycles. The van der Waals surface area contributed by atoms with Crippen LogP contribution in [0.15, 0.2) is 42.6 Å². The molecule has 7 heteroatoms. The Balaban J connectivity index is 1.57. The number of aromatic nitrogens is 1. The second kappa shape index (κ2) is 7.74. The molecule has 25 heavy (non-hydrogen) atoms. The zero-order valence-corrected chi connectivity index (χ0v) is 13.9. The molecule has 7 nitrogen and oxygen atoms in total. The molecule has 1 aliphatic rings. The number of anilines is 1. The highest BCUT2D eigenvalue weighted by Crippen LogP contribution is 2.15. The fraction of sp³-hybridized carbons (Fsp3) is 0.333. The number of hydrogen-bond acceptors (Lipinski definition) is 5. The van der Waals surface area contributed by atoms with Crippen LogP contribution in [0.1, 0.15) is 35.2 Å². The average molecular weight is 340 g/mol. The van der Waals surface area contributed by atoms with E-state index in [1.54, 1.807) is 6.07 Å². The Morgan fingerprint density at radius 3 is 2.44 bits per heavy atom. The largest absolute Gasteiger partial charge is 0.366 e. The van der Waals surface area contributed by atoms with Gasteiger partial charge < -0.3 is 10.2 Å². The van der Waals surface area contributed by atoms with Crippen LogP contribution in [0.5, 0.6) is 0 Å². The number of carbonyl (C=O) groups is 1. The van der Waals surface area contributed by atoms with E-state index < -0.39 is 4.92 Å². The Morgan fingerprint density at radius 2 is 1.84 bits per heavy atom. The maximum Gasteiger partial charge on any atom is 0.287 e. The van der Waals surface area contributed by atoms with Gasteiger partial charge in [0.25, 0.3) is 11.6 Å². The minimum absolute atomic E-state index is 0.0360. The van der Waals surface area contributed by atoms with Gasteiger partial charge in [-0.1, -0.05) is 12.1 Å².